The molecule has 4 N–H and O–H groups in total. The van der Waals surface area contributed by atoms with E-state index in [4.69, 9.17) is 10.5 Å². The number of anilines is 1. The third-order valence-electron chi connectivity index (χ3n) is 4.34. The monoisotopic (exact) mass is 433 g/mol. The Labute approximate surface area is 185 Å². The van der Waals surface area contributed by atoms with Crippen LogP contribution in [0.5, 0.6) is 11.5 Å². The fourth-order valence-electron chi connectivity index (χ4n) is 2.67. The number of pyridine rings is 1. The first kappa shape index (κ1) is 22.6. The van der Waals surface area contributed by atoms with E-state index >= 15 is 0 Å². The van der Waals surface area contributed by atoms with Gasteiger partial charge in [0.2, 0.25) is 5.91 Å². The van der Waals surface area contributed by atoms with Gasteiger partial charge in [-0.3, -0.25) is 4.79 Å². The highest BCUT2D eigenvalue weighted by molar-refractivity contribution is 5.91. The maximum absolute atomic E-state index is 12.9. The number of nitrogens with zero attached hydrogens (tertiary/aromatic N) is 2. The van der Waals surface area contributed by atoms with Crippen LogP contribution in [0, 0.1) is 5.82 Å². The van der Waals surface area contributed by atoms with Crippen molar-refractivity contribution < 1.29 is 13.9 Å². The van der Waals surface area contributed by atoms with Crippen LogP contribution in [0.2, 0.25) is 0 Å². The van der Waals surface area contributed by atoms with E-state index in [-0.39, 0.29) is 18.3 Å². The van der Waals surface area contributed by atoms with Crippen LogP contribution < -0.4 is 15.8 Å². The zero-order valence-electron chi connectivity index (χ0n) is 17.6. The second kappa shape index (κ2) is 11.4. The molecule has 0 aliphatic carbocycles. The van der Waals surface area contributed by atoms with E-state index in [9.17, 15) is 9.18 Å². The summed E-state index contributed by atoms with van der Waals surface area (Å²) in [6.07, 6.45) is 4.57. The number of halogens is 1. The molecule has 164 valence electrons. The summed E-state index contributed by atoms with van der Waals surface area (Å²) in [5.74, 6) is 1.02. The molecule has 0 radical (unpaired) electrons. The van der Waals surface area contributed by atoms with Crippen LogP contribution >= 0.6 is 0 Å². The molecule has 4 rings (SSSR count). The minimum atomic E-state index is -0.310. The van der Waals surface area contributed by atoms with Crippen molar-refractivity contribution in [3.05, 3.63) is 90.8 Å². The summed E-state index contributed by atoms with van der Waals surface area (Å²) in [5.41, 5.74) is 8.06. The van der Waals surface area contributed by atoms with E-state index in [1.165, 1.54) is 17.8 Å². The number of nitrogens with one attached hydrogen (secondary N) is 2. The van der Waals surface area contributed by atoms with E-state index in [2.05, 4.69) is 27.2 Å². The highest BCUT2D eigenvalue weighted by Gasteiger charge is 2.05. The largest absolute Gasteiger partial charge is 0.457 e. The van der Waals surface area contributed by atoms with Crippen molar-refractivity contribution in [2.24, 2.45) is 5.73 Å². The maximum atomic E-state index is 12.9. The highest BCUT2D eigenvalue weighted by atomic mass is 19.1. The van der Waals surface area contributed by atoms with Gasteiger partial charge in [-0.15, -0.1) is 0 Å². The Morgan fingerprint density at radius 1 is 1.06 bits per heavy atom. The van der Waals surface area contributed by atoms with Crippen LogP contribution in [0.1, 0.15) is 12.6 Å². The van der Waals surface area contributed by atoms with Crippen LogP contribution in [-0.4, -0.2) is 27.4 Å². The van der Waals surface area contributed by atoms with Crippen molar-refractivity contribution in [3.63, 3.8) is 0 Å². The van der Waals surface area contributed by atoms with Gasteiger partial charge in [-0.25, -0.2) is 14.4 Å². The van der Waals surface area contributed by atoms with E-state index in [0.717, 1.165) is 12.0 Å². The fraction of sp³-hybridized carbons (Fsp3) is 0.125. The smallest absolute Gasteiger partial charge is 0.239 e. The predicted octanol–water partition coefficient (Wildman–Crippen LogP) is 4.55. The Morgan fingerprint density at radius 2 is 1.75 bits per heavy atom. The standard InChI is InChI=1S/C19H16FN3O2.C5H8N2/c20-14-6-10-16(11-7-14)25-15-8-4-13(5-9-15)17-2-1-3-18(22-17)23-19(24)12-21;1-2-5-3-6-4-7-5/h1-11H,12,21H2,(H,22,23,24);3-4H,2H2,1H3,(H,6,7). The number of aryl methyl sites for hydroxylation is 1. The first-order valence-corrected chi connectivity index (χ1v) is 10.1. The van der Waals surface area contributed by atoms with Gasteiger partial charge >= 0.3 is 0 Å². The number of ether oxygens (including phenoxy) is 1. The quantitative estimate of drug-likeness (QED) is 0.414. The normalized spacial score (nSPS) is 10.1. The van der Waals surface area contributed by atoms with E-state index in [0.29, 0.717) is 23.0 Å². The molecule has 0 aliphatic rings. The van der Waals surface area contributed by atoms with Crippen LogP contribution in [0.3, 0.4) is 0 Å². The Morgan fingerprint density at radius 3 is 2.31 bits per heavy atom. The fourth-order valence-corrected chi connectivity index (χ4v) is 2.67. The summed E-state index contributed by atoms with van der Waals surface area (Å²) < 4.78 is 18.6. The molecule has 0 bridgehead atoms. The number of benzene rings is 2. The SMILES string of the molecule is CCc1cnc[nH]1.NCC(=O)Nc1cccc(-c2ccc(Oc3ccc(F)cc3)cc2)n1. The number of aromatic amines is 1. The molecular formula is C24H24FN5O2. The number of hydrogen-bond donors (Lipinski definition) is 3. The molecule has 0 saturated heterocycles. The summed E-state index contributed by atoms with van der Waals surface area (Å²) in [5, 5.41) is 2.62. The second-order valence-corrected chi connectivity index (χ2v) is 6.67. The van der Waals surface area contributed by atoms with Gasteiger partial charge in [0, 0.05) is 17.5 Å². The van der Waals surface area contributed by atoms with Gasteiger partial charge in [0.05, 0.1) is 18.6 Å². The number of rotatable bonds is 6. The number of aromatic nitrogens is 3. The van der Waals surface area contributed by atoms with Crippen LogP contribution in [0.4, 0.5) is 10.2 Å². The first-order chi connectivity index (χ1) is 15.6. The summed E-state index contributed by atoms with van der Waals surface area (Å²) in [6, 6.07) is 18.5. The van der Waals surface area contributed by atoms with Crippen molar-refractivity contribution in [2.75, 3.05) is 11.9 Å². The van der Waals surface area contributed by atoms with Crippen LogP contribution in [-0.2, 0) is 11.2 Å². The van der Waals surface area contributed by atoms with Crippen molar-refractivity contribution in [1.82, 2.24) is 15.0 Å². The lowest BCUT2D eigenvalue weighted by molar-refractivity contribution is -0.114. The lowest BCUT2D eigenvalue weighted by atomic mass is 10.1. The average molecular weight is 433 g/mol. The summed E-state index contributed by atoms with van der Waals surface area (Å²) in [7, 11) is 0. The summed E-state index contributed by atoms with van der Waals surface area (Å²) in [6.45, 7) is 1.99. The number of carbonyl (C=O) groups excluding carboxylic acids is 1. The number of nitrogens with two attached hydrogens (primary N) is 1. The molecule has 1 amide bonds. The third kappa shape index (κ3) is 6.75. The van der Waals surface area contributed by atoms with Crippen LogP contribution in [0.25, 0.3) is 11.3 Å². The molecule has 0 unspecified atom stereocenters. The average Bonchev–Trinajstić information content (AvgIpc) is 3.36. The van der Waals surface area contributed by atoms with E-state index < -0.39 is 0 Å². The van der Waals surface area contributed by atoms with Gasteiger partial charge in [-0.1, -0.05) is 13.0 Å². The second-order valence-electron chi connectivity index (χ2n) is 6.67. The maximum Gasteiger partial charge on any atom is 0.239 e. The van der Waals surface area contributed by atoms with Crippen molar-refractivity contribution in [2.45, 2.75) is 13.3 Å². The highest BCUT2D eigenvalue weighted by Crippen LogP contribution is 2.25. The Balaban J connectivity index is 0.000000352. The van der Waals surface area contributed by atoms with Crippen molar-refractivity contribution in [1.29, 1.82) is 0 Å². The molecule has 0 saturated carbocycles. The van der Waals surface area contributed by atoms with Crippen molar-refractivity contribution in [3.8, 4) is 22.8 Å². The van der Waals surface area contributed by atoms with Gasteiger partial charge in [0.15, 0.2) is 0 Å². The first-order valence-electron chi connectivity index (χ1n) is 10.1. The van der Waals surface area contributed by atoms with Gasteiger partial charge in [-0.2, -0.15) is 0 Å². The molecule has 0 fully saturated rings. The Bertz CT molecular complexity index is 1110. The molecule has 0 aliphatic heterocycles. The molecule has 0 atom stereocenters. The predicted molar refractivity (Wildman–Crippen MR) is 122 cm³/mol. The van der Waals surface area contributed by atoms with Gasteiger partial charge < -0.3 is 20.8 Å². The molecule has 0 spiro atoms. The van der Waals surface area contributed by atoms with E-state index in [1.807, 2.05) is 24.4 Å². The molecule has 2 aromatic heterocycles. The molecule has 32 heavy (non-hydrogen) atoms. The molecule has 2 heterocycles. The zero-order chi connectivity index (χ0) is 22.8. The van der Waals surface area contributed by atoms with Gasteiger partial charge in [0.25, 0.3) is 0 Å². The topological polar surface area (TPSA) is 106 Å². The number of H-pyrrole nitrogens is 1. The number of carbonyl (C=O) groups is 1. The minimum absolute atomic E-state index is 0.0959. The zero-order valence-corrected chi connectivity index (χ0v) is 17.6. The minimum Gasteiger partial charge on any atom is -0.457 e. The Hall–Kier alpha value is -4.04. The molecule has 7 nitrogen and oxygen atoms in total. The lowest BCUT2D eigenvalue weighted by Gasteiger charge is -2.08. The van der Waals surface area contributed by atoms with Gasteiger partial charge in [-0.05, 0) is 67.1 Å². The Kier molecular flexibility index (Phi) is 8.05. The van der Waals surface area contributed by atoms with Gasteiger partial charge in [0.1, 0.15) is 23.1 Å². The molecule has 4 aromatic rings. The number of amides is 1. The third-order valence-corrected chi connectivity index (χ3v) is 4.34. The van der Waals surface area contributed by atoms with Crippen molar-refractivity contribution >= 4 is 11.7 Å². The lowest BCUT2D eigenvalue weighted by Crippen LogP contribution is -2.22. The van der Waals surface area contributed by atoms with Crippen LogP contribution in [0.15, 0.2) is 79.3 Å². The molecule has 2 aromatic carbocycles. The number of imidazole rings is 1. The number of hydrogen-bond acceptors (Lipinski definition) is 5. The summed E-state index contributed by atoms with van der Waals surface area (Å²) >= 11 is 0. The van der Waals surface area contributed by atoms with E-state index in [1.54, 1.807) is 42.7 Å². The summed E-state index contributed by atoms with van der Waals surface area (Å²) in [4.78, 5) is 22.5. The molecule has 8 heteroatoms. The molecular weight excluding hydrogens is 409 g/mol.